The van der Waals surface area contributed by atoms with Crippen LogP contribution < -0.4 is 0 Å². The minimum absolute atomic E-state index is 0.0652. The van der Waals surface area contributed by atoms with Gasteiger partial charge in [-0.05, 0) is 38.2 Å². The number of carbonyl (C=O) groups excluding carboxylic acids is 1. The molecule has 18 heavy (non-hydrogen) atoms. The lowest BCUT2D eigenvalue weighted by atomic mass is 9.84. The van der Waals surface area contributed by atoms with Crippen LogP contribution in [0.15, 0.2) is 0 Å². The first kappa shape index (κ1) is 13.2. The van der Waals surface area contributed by atoms with E-state index >= 15 is 0 Å². The molecule has 1 N–H and O–H groups in total. The van der Waals surface area contributed by atoms with E-state index in [1.807, 2.05) is 6.92 Å². The van der Waals surface area contributed by atoms with Crippen molar-refractivity contribution in [3.05, 3.63) is 22.5 Å². The highest BCUT2D eigenvalue weighted by atomic mass is 19.4. The van der Waals surface area contributed by atoms with E-state index < -0.39 is 12.1 Å². The number of nitrogens with one attached hydrogen (secondary N) is 1. The molecule has 1 heterocycles. The van der Waals surface area contributed by atoms with Gasteiger partial charge in [-0.2, -0.15) is 13.2 Å². The molecule has 1 aliphatic rings. The molecular weight excluding hydrogens is 243 g/mol. The Kier molecular flexibility index (Phi) is 3.25. The van der Waals surface area contributed by atoms with Crippen LogP contribution in [0, 0.1) is 5.92 Å². The topological polar surface area (TPSA) is 32.9 Å². The van der Waals surface area contributed by atoms with E-state index in [-0.39, 0.29) is 18.6 Å². The zero-order chi connectivity index (χ0) is 13.5. The molecule has 1 atom stereocenters. The molecule has 0 saturated carbocycles. The SMILES string of the molecule is CCc1[nH]c2c(c1C(C)=O)CC(C(F)(F)F)CC2. The van der Waals surface area contributed by atoms with Gasteiger partial charge in [0.25, 0.3) is 0 Å². The van der Waals surface area contributed by atoms with E-state index in [4.69, 9.17) is 0 Å². The van der Waals surface area contributed by atoms with Crippen molar-refractivity contribution < 1.29 is 18.0 Å². The zero-order valence-electron chi connectivity index (χ0n) is 10.4. The summed E-state index contributed by atoms with van der Waals surface area (Å²) < 4.78 is 38.3. The third-order valence-electron chi connectivity index (χ3n) is 3.63. The number of halogens is 3. The molecule has 0 fully saturated rings. The van der Waals surface area contributed by atoms with Crippen molar-refractivity contribution in [1.82, 2.24) is 4.98 Å². The number of hydrogen-bond donors (Lipinski definition) is 1. The van der Waals surface area contributed by atoms with Gasteiger partial charge >= 0.3 is 6.18 Å². The first-order chi connectivity index (χ1) is 8.34. The molecule has 0 bridgehead atoms. The van der Waals surface area contributed by atoms with Crippen molar-refractivity contribution in [2.24, 2.45) is 5.92 Å². The van der Waals surface area contributed by atoms with Gasteiger partial charge in [-0.25, -0.2) is 0 Å². The summed E-state index contributed by atoms with van der Waals surface area (Å²) in [7, 11) is 0. The van der Waals surface area contributed by atoms with Crippen LogP contribution in [0.4, 0.5) is 13.2 Å². The van der Waals surface area contributed by atoms with E-state index in [0.29, 0.717) is 24.0 Å². The number of carbonyl (C=O) groups is 1. The van der Waals surface area contributed by atoms with Crippen LogP contribution in [0.1, 0.15) is 47.6 Å². The number of alkyl halides is 3. The number of rotatable bonds is 2. The van der Waals surface area contributed by atoms with E-state index in [9.17, 15) is 18.0 Å². The fraction of sp³-hybridized carbons (Fsp3) is 0.615. The summed E-state index contributed by atoms with van der Waals surface area (Å²) in [5, 5.41) is 0. The van der Waals surface area contributed by atoms with Gasteiger partial charge in [0.05, 0.1) is 5.92 Å². The Morgan fingerprint density at radius 3 is 2.61 bits per heavy atom. The summed E-state index contributed by atoms with van der Waals surface area (Å²) in [5.74, 6) is -1.46. The molecule has 0 amide bonds. The van der Waals surface area contributed by atoms with E-state index in [1.165, 1.54) is 6.92 Å². The van der Waals surface area contributed by atoms with Crippen molar-refractivity contribution in [3.63, 3.8) is 0 Å². The molecule has 1 unspecified atom stereocenters. The maximum absolute atomic E-state index is 12.8. The highest BCUT2D eigenvalue weighted by Crippen LogP contribution is 2.38. The molecule has 0 saturated heterocycles. The predicted octanol–water partition coefficient (Wildman–Crippen LogP) is 3.45. The summed E-state index contributed by atoms with van der Waals surface area (Å²) in [4.78, 5) is 14.7. The normalized spacial score (nSPS) is 19.7. The van der Waals surface area contributed by atoms with Crippen LogP contribution in [-0.2, 0) is 19.3 Å². The molecule has 100 valence electrons. The van der Waals surface area contributed by atoms with E-state index in [2.05, 4.69) is 4.98 Å². The summed E-state index contributed by atoms with van der Waals surface area (Å²) >= 11 is 0. The molecule has 5 heteroatoms. The lowest BCUT2D eigenvalue weighted by molar-refractivity contribution is -0.177. The Hall–Kier alpha value is -1.26. The van der Waals surface area contributed by atoms with Crippen molar-refractivity contribution >= 4 is 5.78 Å². The molecule has 1 aliphatic carbocycles. The van der Waals surface area contributed by atoms with Gasteiger partial charge in [0, 0.05) is 17.0 Å². The maximum atomic E-state index is 12.8. The number of aromatic amines is 1. The highest BCUT2D eigenvalue weighted by Gasteiger charge is 2.42. The predicted molar refractivity (Wildman–Crippen MR) is 61.7 cm³/mol. The number of H-pyrrole nitrogens is 1. The van der Waals surface area contributed by atoms with E-state index in [1.54, 1.807) is 0 Å². The number of fused-ring (bicyclic) bond motifs is 1. The smallest absolute Gasteiger partial charge is 0.361 e. The number of ketones is 1. The number of aryl methyl sites for hydroxylation is 2. The minimum Gasteiger partial charge on any atom is -0.361 e. The minimum atomic E-state index is -4.17. The van der Waals surface area contributed by atoms with Crippen molar-refractivity contribution in [1.29, 1.82) is 0 Å². The zero-order valence-corrected chi connectivity index (χ0v) is 10.4. The highest BCUT2D eigenvalue weighted by molar-refractivity contribution is 5.97. The average molecular weight is 259 g/mol. The molecule has 2 rings (SSSR count). The lowest BCUT2D eigenvalue weighted by Gasteiger charge is -2.25. The van der Waals surface area contributed by atoms with Gasteiger partial charge in [-0.1, -0.05) is 6.92 Å². The standard InChI is InChI=1S/C13H16F3NO/c1-3-10-12(7(2)18)9-6-8(13(14,15)16)4-5-11(9)17-10/h8,17H,3-6H2,1-2H3. The summed E-state index contributed by atoms with van der Waals surface area (Å²) in [5.41, 5.74) is 2.67. The van der Waals surface area contributed by atoms with Crippen LogP contribution in [0.5, 0.6) is 0 Å². The number of hydrogen-bond acceptors (Lipinski definition) is 1. The van der Waals surface area contributed by atoms with Gasteiger partial charge in [0.15, 0.2) is 5.78 Å². The second-order valence-electron chi connectivity index (χ2n) is 4.83. The Balaban J connectivity index is 2.42. The summed E-state index contributed by atoms with van der Waals surface area (Å²) in [6, 6.07) is 0. The quantitative estimate of drug-likeness (QED) is 0.811. The molecule has 0 spiro atoms. The van der Waals surface area contributed by atoms with Crippen molar-refractivity contribution in [2.75, 3.05) is 0 Å². The van der Waals surface area contributed by atoms with E-state index in [0.717, 1.165) is 11.4 Å². The number of Topliss-reactive ketones (excluding diaryl/α,β-unsaturated/α-hetero) is 1. The second kappa shape index (κ2) is 4.44. The number of aromatic nitrogens is 1. The van der Waals surface area contributed by atoms with Crippen LogP contribution in [0.25, 0.3) is 0 Å². The Bertz CT molecular complexity index is 473. The fourth-order valence-electron chi connectivity index (χ4n) is 2.73. The Labute approximate surface area is 104 Å². The van der Waals surface area contributed by atoms with Crippen LogP contribution in [0.3, 0.4) is 0 Å². The molecule has 1 aromatic rings. The van der Waals surface area contributed by atoms with Gasteiger partial charge in [-0.15, -0.1) is 0 Å². The first-order valence-electron chi connectivity index (χ1n) is 6.14. The van der Waals surface area contributed by atoms with Crippen molar-refractivity contribution in [2.45, 2.75) is 45.7 Å². The Morgan fingerprint density at radius 1 is 1.44 bits per heavy atom. The molecule has 2 nitrogen and oxygen atoms in total. The third-order valence-corrected chi connectivity index (χ3v) is 3.63. The van der Waals surface area contributed by atoms with Gasteiger partial charge < -0.3 is 4.98 Å². The van der Waals surface area contributed by atoms with Gasteiger partial charge in [0.1, 0.15) is 0 Å². The fourth-order valence-corrected chi connectivity index (χ4v) is 2.73. The first-order valence-corrected chi connectivity index (χ1v) is 6.14. The van der Waals surface area contributed by atoms with Crippen LogP contribution >= 0.6 is 0 Å². The Morgan fingerprint density at radius 2 is 2.11 bits per heavy atom. The molecule has 0 aliphatic heterocycles. The van der Waals surface area contributed by atoms with Gasteiger partial charge in [-0.3, -0.25) is 4.79 Å². The largest absolute Gasteiger partial charge is 0.392 e. The van der Waals surface area contributed by atoms with Gasteiger partial charge in [0.2, 0.25) is 0 Å². The molecule has 0 aromatic carbocycles. The summed E-state index contributed by atoms with van der Waals surface area (Å²) in [6.07, 6.45) is -3.12. The molecule has 0 radical (unpaired) electrons. The molecular formula is C13H16F3NO. The molecule has 1 aromatic heterocycles. The summed E-state index contributed by atoms with van der Waals surface area (Å²) in [6.45, 7) is 3.31. The second-order valence-corrected chi connectivity index (χ2v) is 4.83. The maximum Gasteiger partial charge on any atom is 0.392 e. The van der Waals surface area contributed by atoms with Crippen LogP contribution in [-0.4, -0.2) is 16.9 Å². The van der Waals surface area contributed by atoms with Crippen molar-refractivity contribution in [3.8, 4) is 0 Å². The van der Waals surface area contributed by atoms with Crippen LogP contribution in [0.2, 0.25) is 0 Å². The average Bonchev–Trinajstić information content (AvgIpc) is 2.64. The monoisotopic (exact) mass is 259 g/mol. The lowest BCUT2D eigenvalue weighted by Crippen LogP contribution is -2.29. The third kappa shape index (κ3) is 2.18.